The monoisotopic (exact) mass is 273 g/mol. The smallest absolute Gasteiger partial charge is 0.166 e. The quantitative estimate of drug-likeness (QED) is 0.852. The Labute approximate surface area is 95.2 Å². The zero-order valence-corrected chi connectivity index (χ0v) is 9.37. The van der Waals surface area contributed by atoms with E-state index >= 15 is 0 Å². The lowest BCUT2D eigenvalue weighted by molar-refractivity contribution is 0.124. The summed E-state index contributed by atoms with van der Waals surface area (Å²) in [5.74, 6) is -0.565. The first-order chi connectivity index (χ1) is 7.17. The van der Waals surface area contributed by atoms with Gasteiger partial charge in [0.2, 0.25) is 0 Å². The highest BCUT2D eigenvalue weighted by atomic mass is 79.9. The first kappa shape index (κ1) is 12.0. The minimum absolute atomic E-state index is 0.00801. The van der Waals surface area contributed by atoms with Crippen LogP contribution in [0.3, 0.4) is 0 Å². The van der Waals surface area contributed by atoms with Gasteiger partial charge in [-0.05, 0) is 18.2 Å². The van der Waals surface area contributed by atoms with E-state index in [1.807, 2.05) is 6.07 Å². The van der Waals surface area contributed by atoms with Crippen molar-refractivity contribution in [3.63, 3.8) is 0 Å². The van der Waals surface area contributed by atoms with Crippen LogP contribution in [0.2, 0.25) is 0 Å². The fourth-order valence-electron chi connectivity index (χ4n) is 0.918. The molecule has 1 aromatic rings. The van der Waals surface area contributed by atoms with Gasteiger partial charge >= 0.3 is 0 Å². The summed E-state index contributed by atoms with van der Waals surface area (Å²) in [6.07, 6.45) is -0.681. The maximum atomic E-state index is 13.2. The molecule has 1 rings (SSSR count). The number of hydrogen-bond acceptors (Lipinski definition) is 3. The van der Waals surface area contributed by atoms with Crippen LogP contribution in [0.5, 0.6) is 5.75 Å². The first-order valence-electron chi connectivity index (χ1n) is 4.24. The van der Waals surface area contributed by atoms with Gasteiger partial charge in [-0.25, -0.2) is 4.39 Å². The van der Waals surface area contributed by atoms with Crippen LogP contribution in [0.1, 0.15) is 5.56 Å². The van der Waals surface area contributed by atoms with Crippen molar-refractivity contribution in [2.24, 2.45) is 0 Å². The number of nitriles is 1. The van der Waals surface area contributed by atoms with Crippen LogP contribution in [0.4, 0.5) is 4.39 Å². The molecule has 0 heterocycles. The van der Waals surface area contributed by atoms with Crippen molar-refractivity contribution in [3.8, 4) is 11.8 Å². The van der Waals surface area contributed by atoms with Crippen LogP contribution in [-0.4, -0.2) is 23.1 Å². The fraction of sp³-hybridized carbons (Fsp3) is 0.300. The lowest BCUT2D eigenvalue weighted by Crippen LogP contribution is -2.19. The Morgan fingerprint density at radius 1 is 1.60 bits per heavy atom. The standard InChI is InChI=1S/C10H9BrFNO2/c11-4-8(14)6-15-10-2-1-7(5-13)3-9(10)12/h1-3,8,14H,4,6H2. The number of halogens is 2. The summed E-state index contributed by atoms with van der Waals surface area (Å²) in [5, 5.41) is 18.0. The van der Waals surface area contributed by atoms with E-state index < -0.39 is 11.9 Å². The van der Waals surface area contributed by atoms with Gasteiger partial charge in [0, 0.05) is 5.33 Å². The summed E-state index contributed by atoms with van der Waals surface area (Å²) in [6.45, 7) is 0.00801. The minimum Gasteiger partial charge on any atom is -0.488 e. The number of aliphatic hydroxyl groups excluding tert-OH is 1. The van der Waals surface area contributed by atoms with Crippen LogP contribution < -0.4 is 4.74 Å². The number of nitrogens with zero attached hydrogens (tertiary/aromatic N) is 1. The average molecular weight is 274 g/mol. The molecule has 5 heteroatoms. The molecule has 1 N–H and O–H groups in total. The molecule has 0 saturated heterocycles. The van der Waals surface area contributed by atoms with Crippen LogP contribution in [0.15, 0.2) is 18.2 Å². The Morgan fingerprint density at radius 2 is 2.33 bits per heavy atom. The second kappa shape index (κ2) is 5.69. The molecule has 0 saturated carbocycles. The molecular weight excluding hydrogens is 265 g/mol. The SMILES string of the molecule is N#Cc1ccc(OCC(O)CBr)c(F)c1. The Hall–Kier alpha value is -1.12. The molecule has 0 aliphatic heterocycles. The minimum atomic E-state index is -0.681. The van der Waals surface area contributed by atoms with E-state index in [1.54, 1.807) is 0 Å². The normalized spacial score (nSPS) is 11.9. The molecule has 3 nitrogen and oxygen atoms in total. The van der Waals surface area contributed by atoms with Crippen LogP contribution >= 0.6 is 15.9 Å². The van der Waals surface area contributed by atoms with Crippen molar-refractivity contribution in [2.75, 3.05) is 11.9 Å². The fourth-order valence-corrected chi connectivity index (χ4v) is 1.10. The second-order valence-electron chi connectivity index (χ2n) is 2.88. The summed E-state index contributed by atoms with van der Waals surface area (Å²) < 4.78 is 18.2. The predicted octanol–water partition coefficient (Wildman–Crippen LogP) is 1.83. The van der Waals surface area contributed by atoms with Gasteiger partial charge in [0.15, 0.2) is 11.6 Å². The zero-order valence-electron chi connectivity index (χ0n) is 7.78. The van der Waals surface area contributed by atoms with E-state index in [4.69, 9.17) is 15.1 Å². The number of rotatable bonds is 4. The van der Waals surface area contributed by atoms with Gasteiger partial charge in [0.25, 0.3) is 0 Å². The van der Waals surface area contributed by atoms with Crippen molar-refractivity contribution in [1.29, 1.82) is 5.26 Å². The molecule has 0 aliphatic carbocycles. The van der Waals surface area contributed by atoms with Crippen molar-refractivity contribution in [3.05, 3.63) is 29.6 Å². The summed E-state index contributed by atoms with van der Waals surface area (Å²) in [7, 11) is 0. The molecule has 1 atom stereocenters. The van der Waals surface area contributed by atoms with Gasteiger partial charge in [-0.15, -0.1) is 0 Å². The highest BCUT2D eigenvalue weighted by Gasteiger charge is 2.07. The van der Waals surface area contributed by atoms with Gasteiger partial charge in [-0.3, -0.25) is 0 Å². The van der Waals surface area contributed by atoms with Crippen LogP contribution in [0, 0.1) is 17.1 Å². The Kier molecular flexibility index (Phi) is 4.53. The molecule has 80 valence electrons. The van der Waals surface area contributed by atoms with Crippen LogP contribution in [0.25, 0.3) is 0 Å². The van der Waals surface area contributed by atoms with Crippen LogP contribution in [-0.2, 0) is 0 Å². The average Bonchev–Trinajstić information content (AvgIpc) is 2.26. The van der Waals surface area contributed by atoms with Crippen molar-refractivity contribution in [1.82, 2.24) is 0 Å². The number of benzene rings is 1. The third kappa shape index (κ3) is 3.50. The van der Waals surface area contributed by atoms with Gasteiger partial charge in [0.05, 0.1) is 17.7 Å². The molecule has 0 bridgehead atoms. The first-order valence-corrected chi connectivity index (χ1v) is 5.36. The molecule has 0 radical (unpaired) electrons. The van der Waals surface area contributed by atoms with Crippen molar-refractivity contribution >= 4 is 15.9 Å². The number of ether oxygens (including phenoxy) is 1. The number of alkyl halides is 1. The van der Waals surface area contributed by atoms with E-state index in [9.17, 15) is 4.39 Å². The molecule has 0 aliphatic rings. The largest absolute Gasteiger partial charge is 0.488 e. The van der Waals surface area contributed by atoms with E-state index in [0.717, 1.165) is 6.07 Å². The highest BCUT2D eigenvalue weighted by molar-refractivity contribution is 9.09. The summed E-state index contributed by atoms with van der Waals surface area (Å²) in [4.78, 5) is 0. The third-order valence-corrected chi connectivity index (χ3v) is 2.42. The summed E-state index contributed by atoms with van der Waals surface area (Å²) in [6, 6.07) is 5.74. The third-order valence-electron chi connectivity index (χ3n) is 1.67. The molecule has 0 aromatic heterocycles. The van der Waals surface area contributed by atoms with Crippen molar-refractivity contribution in [2.45, 2.75) is 6.10 Å². The highest BCUT2D eigenvalue weighted by Crippen LogP contribution is 2.18. The second-order valence-corrected chi connectivity index (χ2v) is 3.52. The molecular formula is C10H9BrFNO2. The maximum Gasteiger partial charge on any atom is 0.166 e. The molecule has 0 fully saturated rings. The Balaban J connectivity index is 2.67. The van der Waals surface area contributed by atoms with E-state index in [0.29, 0.717) is 5.33 Å². The van der Waals surface area contributed by atoms with Gasteiger partial charge in [0.1, 0.15) is 6.61 Å². The molecule has 0 amide bonds. The zero-order chi connectivity index (χ0) is 11.3. The molecule has 1 unspecified atom stereocenters. The maximum absolute atomic E-state index is 13.2. The molecule has 0 spiro atoms. The van der Waals surface area contributed by atoms with E-state index in [2.05, 4.69) is 15.9 Å². The number of hydrogen-bond donors (Lipinski definition) is 1. The molecule has 15 heavy (non-hydrogen) atoms. The Bertz CT molecular complexity index is 378. The number of aliphatic hydroxyl groups is 1. The van der Waals surface area contributed by atoms with Crippen molar-refractivity contribution < 1.29 is 14.2 Å². The lowest BCUT2D eigenvalue weighted by atomic mass is 10.2. The Morgan fingerprint density at radius 3 is 2.87 bits per heavy atom. The van der Waals surface area contributed by atoms with E-state index in [1.165, 1.54) is 12.1 Å². The van der Waals surface area contributed by atoms with Gasteiger partial charge < -0.3 is 9.84 Å². The predicted molar refractivity (Wildman–Crippen MR) is 56.4 cm³/mol. The summed E-state index contributed by atoms with van der Waals surface area (Å²) in [5.41, 5.74) is 0.237. The van der Waals surface area contributed by atoms with Gasteiger partial charge in [-0.2, -0.15) is 5.26 Å². The van der Waals surface area contributed by atoms with E-state index in [-0.39, 0.29) is 17.9 Å². The molecule has 1 aromatic carbocycles. The topological polar surface area (TPSA) is 53.2 Å². The lowest BCUT2D eigenvalue weighted by Gasteiger charge is -2.10. The van der Waals surface area contributed by atoms with Gasteiger partial charge in [-0.1, -0.05) is 15.9 Å². The summed E-state index contributed by atoms with van der Waals surface area (Å²) >= 11 is 3.06.